The molecule has 1 aliphatic rings. The molecule has 0 saturated carbocycles. The van der Waals surface area contributed by atoms with Crippen molar-refractivity contribution < 1.29 is 0 Å². The standard InChI is InChI=1S/C15H24N2S/c1-17(2)11-14-7-4-3-6-13(14)10-16-15-8-5-9-18-12-15/h3-4,6-7,15-16H,5,8-12H2,1-2H3. The third-order valence-corrected chi connectivity index (χ3v) is 4.56. The summed E-state index contributed by atoms with van der Waals surface area (Å²) < 4.78 is 0. The molecule has 2 nitrogen and oxygen atoms in total. The third kappa shape index (κ3) is 4.30. The number of benzene rings is 1. The summed E-state index contributed by atoms with van der Waals surface area (Å²) in [5.74, 6) is 2.62. The fraction of sp³-hybridized carbons (Fsp3) is 0.600. The van der Waals surface area contributed by atoms with Gasteiger partial charge >= 0.3 is 0 Å². The minimum absolute atomic E-state index is 0.705. The summed E-state index contributed by atoms with van der Waals surface area (Å²) in [4.78, 5) is 2.23. The molecule has 100 valence electrons. The molecule has 1 aromatic rings. The van der Waals surface area contributed by atoms with Crippen LogP contribution in [0, 0.1) is 0 Å². The smallest absolute Gasteiger partial charge is 0.0230 e. The predicted molar refractivity (Wildman–Crippen MR) is 81.0 cm³/mol. The van der Waals surface area contributed by atoms with Crippen LogP contribution in [0.1, 0.15) is 24.0 Å². The zero-order valence-corrected chi connectivity index (χ0v) is 12.3. The van der Waals surface area contributed by atoms with E-state index in [1.165, 1.54) is 35.5 Å². The average molecular weight is 264 g/mol. The maximum atomic E-state index is 3.71. The molecule has 0 aromatic heterocycles. The number of thioether (sulfide) groups is 1. The number of rotatable bonds is 5. The van der Waals surface area contributed by atoms with Crippen LogP contribution in [0.15, 0.2) is 24.3 Å². The van der Waals surface area contributed by atoms with Crippen molar-refractivity contribution >= 4 is 11.8 Å². The van der Waals surface area contributed by atoms with Gasteiger partial charge in [-0.1, -0.05) is 24.3 Å². The Morgan fingerprint density at radius 1 is 1.28 bits per heavy atom. The van der Waals surface area contributed by atoms with Gasteiger partial charge in [-0.2, -0.15) is 11.8 Å². The van der Waals surface area contributed by atoms with Crippen LogP contribution >= 0.6 is 11.8 Å². The largest absolute Gasteiger partial charge is 0.309 e. The van der Waals surface area contributed by atoms with Crippen LogP contribution in [0.2, 0.25) is 0 Å². The molecule has 0 amide bonds. The zero-order valence-electron chi connectivity index (χ0n) is 11.5. The third-order valence-electron chi connectivity index (χ3n) is 3.35. The highest BCUT2D eigenvalue weighted by Gasteiger charge is 2.13. The van der Waals surface area contributed by atoms with Crippen molar-refractivity contribution in [1.29, 1.82) is 0 Å². The Balaban J connectivity index is 1.91. The molecule has 1 unspecified atom stereocenters. The van der Waals surface area contributed by atoms with E-state index >= 15 is 0 Å². The maximum absolute atomic E-state index is 3.71. The molecular weight excluding hydrogens is 240 g/mol. The summed E-state index contributed by atoms with van der Waals surface area (Å²) in [5.41, 5.74) is 2.89. The lowest BCUT2D eigenvalue weighted by molar-refractivity contribution is 0.399. The van der Waals surface area contributed by atoms with Crippen LogP contribution in [-0.2, 0) is 13.1 Å². The Bertz CT molecular complexity index is 359. The molecule has 1 aliphatic heterocycles. The van der Waals surface area contributed by atoms with Gasteiger partial charge in [0.2, 0.25) is 0 Å². The highest BCUT2D eigenvalue weighted by molar-refractivity contribution is 7.99. The van der Waals surface area contributed by atoms with Crippen molar-refractivity contribution in [3.63, 3.8) is 0 Å². The second-order valence-corrected chi connectivity index (χ2v) is 6.45. The van der Waals surface area contributed by atoms with E-state index < -0.39 is 0 Å². The van der Waals surface area contributed by atoms with Gasteiger partial charge in [-0.05, 0) is 43.8 Å². The fourth-order valence-electron chi connectivity index (χ4n) is 2.38. The molecule has 1 N–H and O–H groups in total. The Hall–Kier alpha value is -0.510. The Morgan fingerprint density at radius 2 is 2.06 bits per heavy atom. The monoisotopic (exact) mass is 264 g/mol. The van der Waals surface area contributed by atoms with Crippen LogP contribution in [-0.4, -0.2) is 36.5 Å². The van der Waals surface area contributed by atoms with E-state index in [0.717, 1.165) is 13.1 Å². The molecule has 2 rings (SSSR count). The van der Waals surface area contributed by atoms with Crippen LogP contribution < -0.4 is 5.32 Å². The molecule has 0 spiro atoms. The van der Waals surface area contributed by atoms with Gasteiger partial charge in [0, 0.05) is 24.9 Å². The predicted octanol–water partition coefficient (Wildman–Crippen LogP) is 2.73. The fourth-order valence-corrected chi connectivity index (χ4v) is 3.49. The molecule has 0 bridgehead atoms. The van der Waals surface area contributed by atoms with E-state index in [-0.39, 0.29) is 0 Å². The van der Waals surface area contributed by atoms with E-state index in [0.29, 0.717) is 6.04 Å². The lowest BCUT2D eigenvalue weighted by Crippen LogP contribution is -2.33. The first-order valence-corrected chi connectivity index (χ1v) is 7.94. The Kier molecular flexibility index (Phi) is 5.54. The normalized spacial score (nSPS) is 20.3. The van der Waals surface area contributed by atoms with E-state index in [2.05, 4.69) is 60.3 Å². The molecule has 1 fully saturated rings. The van der Waals surface area contributed by atoms with E-state index in [1.54, 1.807) is 0 Å². The Morgan fingerprint density at radius 3 is 2.72 bits per heavy atom. The molecule has 18 heavy (non-hydrogen) atoms. The quantitative estimate of drug-likeness (QED) is 0.880. The topological polar surface area (TPSA) is 15.3 Å². The SMILES string of the molecule is CN(C)Cc1ccccc1CNC1CCCSC1. The highest BCUT2D eigenvalue weighted by atomic mass is 32.2. The first kappa shape index (κ1) is 13.9. The minimum atomic E-state index is 0.705. The van der Waals surface area contributed by atoms with Gasteiger partial charge in [-0.15, -0.1) is 0 Å². The van der Waals surface area contributed by atoms with Gasteiger partial charge in [-0.25, -0.2) is 0 Å². The second-order valence-electron chi connectivity index (χ2n) is 5.30. The van der Waals surface area contributed by atoms with Gasteiger partial charge in [-0.3, -0.25) is 0 Å². The molecule has 3 heteroatoms. The Labute approximate surface area is 115 Å². The lowest BCUT2D eigenvalue weighted by atomic mass is 10.1. The van der Waals surface area contributed by atoms with Crippen molar-refractivity contribution in [2.45, 2.75) is 32.0 Å². The summed E-state index contributed by atoms with van der Waals surface area (Å²) in [5, 5.41) is 3.71. The van der Waals surface area contributed by atoms with Crippen molar-refractivity contribution in [1.82, 2.24) is 10.2 Å². The van der Waals surface area contributed by atoms with Gasteiger partial charge in [0.05, 0.1) is 0 Å². The van der Waals surface area contributed by atoms with Crippen molar-refractivity contribution in [3.05, 3.63) is 35.4 Å². The number of nitrogens with zero attached hydrogens (tertiary/aromatic N) is 1. The highest BCUT2D eigenvalue weighted by Crippen LogP contribution is 2.18. The summed E-state index contributed by atoms with van der Waals surface area (Å²) in [7, 11) is 4.25. The number of hydrogen-bond donors (Lipinski definition) is 1. The molecule has 1 aromatic carbocycles. The molecule has 0 radical (unpaired) electrons. The van der Waals surface area contributed by atoms with Crippen molar-refractivity contribution in [2.75, 3.05) is 25.6 Å². The van der Waals surface area contributed by atoms with E-state index in [9.17, 15) is 0 Å². The minimum Gasteiger partial charge on any atom is -0.309 e. The van der Waals surface area contributed by atoms with Gasteiger partial charge in [0.15, 0.2) is 0 Å². The van der Waals surface area contributed by atoms with Gasteiger partial charge < -0.3 is 10.2 Å². The molecular formula is C15H24N2S. The second kappa shape index (κ2) is 7.17. The summed E-state index contributed by atoms with van der Waals surface area (Å²) >= 11 is 2.08. The van der Waals surface area contributed by atoms with Gasteiger partial charge in [0.1, 0.15) is 0 Å². The van der Waals surface area contributed by atoms with Crippen LogP contribution in [0.4, 0.5) is 0 Å². The number of hydrogen-bond acceptors (Lipinski definition) is 3. The first-order chi connectivity index (χ1) is 8.75. The summed E-state index contributed by atoms with van der Waals surface area (Å²) in [6.45, 7) is 2.03. The van der Waals surface area contributed by atoms with Crippen molar-refractivity contribution in [3.8, 4) is 0 Å². The zero-order chi connectivity index (χ0) is 12.8. The van der Waals surface area contributed by atoms with Crippen LogP contribution in [0.25, 0.3) is 0 Å². The molecule has 1 saturated heterocycles. The summed E-state index contributed by atoms with van der Waals surface area (Å²) in [6, 6.07) is 9.48. The maximum Gasteiger partial charge on any atom is 0.0230 e. The van der Waals surface area contributed by atoms with E-state index in [4.69, 9.17) is 0 Å². The lowest BCUT2D eigenvalue weighted by Gasteiger charge is -2.23. The van der Waals surface area contributed by atoms with Crippen molar-refractivity contribution in [2.24, 2.45) is 0 Å². The average Bonchev–Trinajstić information content (AvgIpc) is 2.38. The van der Waals surface area contributed by atoms with Crippen LogP contribution in [0.3, 0.4) is 0 Å². The number of nitrogens with one attached hydrogen (secondary N) is 1. The van der Waals surface area contributed by atoms with E-state index in [1.807, 2.05) is 0 Å². The summed E-state index contributed by atoms with van der Waals surface area (Å²) in [6.07, 6.45) is 2.70. The first-order valence-electron chi connectivity index (χ1n) is 6.78. The van der Waals surface area contributed by atoms with Gasteiger partial charge in [0.25, 0.3) is 0 Å². The van der Waals surface area contributed by atoms with Crippen LogP contribution in [0.5, 0.6) is 0 Å². The molecule has 0 aliphatic carbocycles. The molecule has 1 atom stereocenters. The molecule has 1 heterocycles.